The number of hydrogen-bond donors (Lipinski definition) is 0. The summed E-state index contributed by atoms with van der Waals surface area (Å²) in [6.07, 6.45) is 0.744. The summed E-state index contributed by atoms with van der Waals surface area (Å²) < 4.78 is 13.4. The highest BCUT2D eigenvalue weighted by atomic mass is 35.5. The van der Waals surface area contributed by atoms with Crippen molar-refractivity contribution < 1.29 is 4.39 Å². The average molecular weight is 255 g/mol. The standard InChI is InChI=1S/C13H12ClFS/c1-9-2-3-11(7-13(9)15)12(14)6-10-4-5-16-8-10/h2-5,7-8,12H,6H2,1H3. The third-order valence-electron chi connectivity index (χ3n) is 2.55. The Morgan fingerprint density at radius 3 is 2.81 bits per heavy atom. The maximum absolute atomic E-state index is 13.4. The lowest BCUT2D eigenvalue weighted by atomic mass is 10.0. The number of rotatable bonds is 3. The Hall–Kier alpha value is -0.860. The summed E-state index contributed by atoms with van der Waals surface area (Å²) in [6.45, 7) is 1.75. The predicted molar refractivity (Wildman–Crippen MR) is 67.8 cm³/mol. The van der Waals surface area contributed by atoms with Crippen molar-refractivity contribution in [3.8, 4) is 0 Å². The van der Waals surface area contributed by atoms with Crippen LogP contribution in [-0.4, -0.2) is 0 Å². The zero-order valence-corrected chi connectivity index (χ0v) is 10.5. The predicted octanol–water partition coefficient (Wildman–Crippen LogP) is 4.72. The van der Waals surface area contributed by atoms with Crippen molar-refractivity contribution in [2.75, 3.05) is 0 Å². The van der Waals surface area contributed by atoms with Crippen LogP contribution in [0.3, 0.4) is 0 Å². The van der Waals surface area contributed by atoms with E-state index in [-0.39, 0.29) is 11.2 Å². The molecule has 0 radical (unpaired) electrons. The molecule has 0 saturated heterocycles. The van der Waals surface area contributed by atoms with Gasteiger partial charge in [0.2, 0.25) is 0 Å². The molecule has 0 fully saturated rings. The van der Waals surface area contributed by atoms with Gasteiger partial charge in [0.05, 0.1) is 5.38 Å². The van der Waals surface area contributed by atoms with Gasteiger partial charge in [-0.3, -0.25) is 0 Å². The lowest BCUT2D eigenvalue weighted by molar-refractivity contribution is 0.615. The Morgan fingerprint density at radius 1 is 1.38 bits per heavy atom. The summed E-state index contributed by atoms with van der Waals surface area (Å²) in [5.74, 6) is -0.187. The summed E-state index contributed by atoms with van der Waals surface area (Å²) >= 11 is 7.91. The van der Waals surface area contributed by atoms with E-state index in [1.54, 1.807) is 24.3 Å². The molecule has 0 bridgehead atoms. The van der Waals surface area contributed by atoms with Crippen molar-refractivity contribution in [3.63, 3.8) is 0 Å². The Balaban J connectivity index is 2.14. The van der Waals surface area contributed by atoms with Gasteiger partial charge in [-0.2, -0.15) is 11.3 Å². The molecule has 16 heavy (non-hydrogen) atoms. The third kappa shape index (κ3) is 2.63. The zero-order chi connectivity index (χ0) is 11.5. The molecule has 1 atom stereocenters. The lowest BCUT2D eigenvalue weighted by Crippen LogP contribution is -1.96. The maximum atomic E-state index is 13.4. The first kappa shape index (κ1) is 11.6. The molecule has 3 heteroatoms. The largest absolute Gasteiger partial charge is 0.207 e. The van der Waals surface area contributed by atoms with Gasteiger partial charge in [-0.25, -0.2) is 4.39 Å². The van der Waals surface area contributed by atoms with E-state index < -0.39 is 0 Å². The van der Waals surface area contributed by atoms with Crippen LogP contribution in [0.2, 0.25) is 0 Å². The first-order valence-electron chi connectivity index (χ1n) is 5.08. The molecule has 2 rings (SSSR count). The van der Waals surface area contributed by atoms with Crippen molar-refractivity contribution in [1.82, 2.24) is 0 Å². The van der Waals surface area contributed by atoms with Gasteiger partial charge < -0.3 is 0 Å². The molecule has 0 aliphatic carbocycles. The Labute approximate surface area is 104 Å². The monoisotopic (exact) mass is 254 g/mol. The summed E-state index contributed by atoms with van der Waals surface area (Å²) in [7, 11) is 0. The van der Waals surface area contributed by atoms with E-state index in [9.17, 15) is 4.39 Å². The highest BCUT2D eigenvalue weighted by Gasteiger charge is 2.10. The molecule has 1 aromatic heterocycles. The van der Waals surface area contributed by atoms with E-state index in [1.807, 2.05) is 17.5 Å². The zero-order valence-electron chi connectivity index (χ0n) is 8.91. The smallest absolute Gasteiger partial charge is 0.126 e. The number of benzene rings is 1. The molecular weight excluding hydrogens is 243 g/mol. The fraction of sp³-hybridized carbons (Fsp3) is 0.231. The van der Waals surface area contributed by atoms with Crippen LogP contribution in [0.25, 0.3) is 0 Å². The van der Waals surface area contributed by atoms with Gasteiger partial charge in [-0.1, -0.05) is 12.1 Å². The van der Waals surface area contributed by atoms with E-state index in [2.05, 4.69) is 5.38 Å². The van der Waals surface area contributed by atoms with Gasteiger partial charge >= 0.3 is 0 Å². The number of alkyl halides is 1. The van der Waals surface area contributed by atoms with Crippen molar-refractivity contribution in [2.24, 2.45) is 0 Å². The molecule has 2 aromatic rings. The van der Waals surface area contributed by atoms with Crippen LogP contribution in [-0.2, 0) is 6.42 Å². The topological polar surface area (TPSA) is 0 Å². The second kappa shape index (κ2) is 4.98. The first-order chi connectivity index (χ1) is 7.66. The molecule has 0 saturated carbocycles. The minimum atomic E-state index is -0.187. The fourth-order valence-electron chi connectivity index (χ4n) is 1.54. The highest BCUT2D eigenvalue weighted by Crippen LogP contribution is 2.27. The van der Waals surface area contributed by atoms with Gasteiger partial charge in [0.25, 0.3) is 0 Å². The van der Waals surface area contributed by atoms with Crippen molar-refractivity contribution >= 4 is 22.9 Å². The van der Waals surface area contributed by atoms with E-state index in [0.29, 0.717) is 5.56 Å². The van der Waals surface area contributed by atoms with Gasteiger partial charge in [-0.15, -0.1) is 11.6 Å². The summed E-state index contributed by atoms with van der Waals surface area (Å²) in [5.41, 5.74) is 2.70. The van der Waals surface area contributed by atoms with Crippen LogP contribution in [0, 0.1) is 12.7 Å². The average Bonchev–Trinajstić information content (AvgIpc) is 2.74. The van der Waals surface area contributed by atoms with Gasteiger partial charge in [0, 0.05) is 0 Å². The van der Waals surface area contributed by atoms with Crippen molar-refractivity contribution in [3.05, 3.63) is 57.5 Å². The Morgan fingerprint density at radius 2 is 2.19 bits per heavy atom. The molecule has 1 aromatic carbocycles. The maximum Gasteiger partial charge on any atom is 0.126 e. The van der Waals surface area contributed by atoms with E-state index in [1.165, 1.54) is 11.6 Å². The molecule has 0 aliphatic heterocycles. The highest BCUT2D eigenvalue weighted by molar-refractivity contribution is 7.07. The number of thiophene rings is 1. The number of aryl methyl sites for hydroxylation is 1. The molecular formula is C13H12ClFS. The van der Waals surface area contributed by atoms with Gasteiger partial charge in [-0.05, 0) is 52.9 Å². The number of halogens is 2. The normalized spacial score (nSPS) is 12.7. The molecule has 0 aliphatic rings. The minimum Gasteiger partial charge on any atom is -0.207 e. The van der Waals surface area contributed by atoms with Gasteiger partial charge in [0.15, 0.2) is 0 Å². The van der Waals surface area contributed by atoms with Crippen LogP contribution < -0.4 is 0 Å². The number of hydrogen-bond acceptors (Lipinski definition) is 1. The van der Waals surface area contributed by atoms with Crippen molar-refractivity contribution in [1.29, 1.82) is 0 Å². The Kier molecular flexibility index (Phi) is 3.62. The molecule has 0 spiro atoms. The fourth-order valence-corrected chi connectivity index (χ4v) is 2.53. The second-order valence-corrected chi connectivity index (χ2v) is 5.12. The first-order valence-corrected chi connectivity index (χ1v) is 6.46. The van der Waals surface area contributed by atoms with Crippen molar-refractivity contribution in [2.45, 2.75) is 18.7 Å². The van der Waals surface area contributed by atoms with E-state index >= 15 is 0 Å². The van der Waals surface area contributed by atoms with Crippen LogP contribution in [0.4, 0.5) is 4.39 Å². The molecule has 0 N–H and O–H groups in total. The molecule has 0 amide bonds. The summed E-state index contributed by atoms with van der Waals surface area (Å²) in [4.78, 5) is 0. The lowest BCUT2D eigenvalue weighted by Gasteiger charge is -2.09. The molecule has 1 heterocycles. The second-order valence-electron chi connectivity index (χ2n) is 3.81. The third-order valence-corrected chi connectivity index (χ3v) is 3.69. The Bertz CT molecular complexity index is 465. The van der Waals surface area contributed by atoms with E-state index in [4.69, 9.17) is 11.6 Å². The summed E-state index contributed by atoms with van der Waals surface area (Å²) in [6, 6.07) is 7.24. The molecule has 84 valence electrons. The quantitative estimate of drug-likeness (QED) is 0.696. The molecule has 1 unspecified atom stereocenters. The summed E-state index contributed by atoms with van der Waals surface area (Å²) in [5, 5.41) is 3.93. The molecule has 0 nitrogen and oxygen atoms in total. The van der Waals surface area contributed by atoms with Gasteiger partial charge in [0.1, 0.15) is 5.82 Å². The minimum absolute atomic E-state index is 0.162. The van der Waals surface area contributed by atoms with Crippen LogP contribution in [0.5, 0.6) is 0 Å². The van der Waals surface area contributed by atoms with Crippen LogP contribution in [0.1, 0.15) is 22.1 Å². The van der Waals surface area contributed by atoms with E-state index in [0.717, 1.165) is 12.0 Å². The van der Waals surface area contributed by atoms with Crippen LogP contribution >= 0.6 is 22.9 Å². The SMILES string of the molecule is Cc1ccc(C(Cl)Cc2ccsc2)cc1F. The van der Waals surface area contributed by atoms with Crippen LogP contribution in [0.15, 0.2) is 35.0 Å².